The van der Waals surface area contributed by atoms with Crippen molar-refractivity contribution in [3.8, 4) is 0 Å². The normalized spacial score (nSPS) is 18.3. The molecule has 1 unspecified atom stereocenters. The van der Waals surface area contributed by atoms with Crippen LogP contribution in [0.3, 0.4) is 0 Å². The van der Waals surface area contributed by atoms with Gasteiger partial charge in [-0.25, -0.2) is 0 Å². The van der Waals surface area contributed by atoms with Gasteiger partial charge < -0.3 is 10.1 Å². The molecule has 1 atom stereocenters. The molecule has 0 saturated carbocycles. The second-order valence-corrected chi connectivity index (χ2v) is 5.39. The van der Waals surface area contributed by atoms with Crippen LogP contribution in [0.5, 0.6) is 0 Å². The maximum Gasteiger partial charge on any atom is 0.453 e. The van der Waals surface area contributed by atoms with Gasteiger partial charge in [0.25, 0.3) is 5.82 Å². The molecule has 1 aliphatic rings. The van der Waals surface area contributed by atoms with E-state index in [1.807, 2.05) is 0 Å². The van der Waals surface area contributed by atoms with Crippen LogP contribution in [0, 0.1) is 0 Å². The molecule has 126 valence electrons. The van der Waals surface area contributed by atoms with Crippen molar-refractivity contribution >= 4 is 11.5 Å². The Balaban J connectivity index is 1.70. The van der Waals surface area contributed by atoms with Crippen molar-refractivity contribution < 1.29 is 17.9 Å². The number of nitrogens with zero attached hydrogens (tertiary/aromatic N) is 5. The first-order valence-electron chi connectivity index (χ1n) is 7.30. The average Bonchev–Trinajstić information content (AvgIpc) is 2.96. The van der Waals surface area contributed by atoms with E-state index in [2.05, 4.69) is 32.4 Å². The number of morpholine rings is 1. The second-order valence-electron chi connectivity index (χ2n) is 5.39. The van der Waals surface area contributed by atoms with E-state index in [1.54, 1.807) is 6.07 Å². The molecule has 0 radical (unpaired) electrons. The van der Waals surface area contributed by atoms with E-state index in [1.165, 1.54) is 6.07 Å². The molecule has 1 aliphatic heterocycles. The van der Waals surface area contributed by atoms with Gasteiger partial charge in [0.15, 0.2) is 5.65 Å². The van der Waals surface area contributed by atoms with Crippen molar-refractivity contribution in [2.75, 3.05) is 38.2 Å². The summed E-state index contributed by atoms with van der Waals surface area (Å²) in [7, 11) is 0. The van der Waals surface area contributed by atoms with Crippen LogP contribution < -0.4 is 5.32 Å². The smallest absolute Gasteiger partial charge is 0.379 e. The van der Waals surface area contributed by atoms with Crippen LogP contribution in [0.15, 0.2) is 12.1 Å². The summed E-state index contributed by atoms with van der Waals surface area (Å²) in [6, 6.07) is 3.27. The topological polar surface area (TPSA) is 67.6 Å². The second kappa shape index (κ2) is 6.28. The van der Waals surface area contributed by atoms with E-state index in [4.69, 9.17) is 4.74 Å². The molecule has 0 aliphatic carbocycles. The zero-order valence-corrected chi connectivity index (χ0v) is 12.5. The van der Waals surface area contributed by atoms with Crippen molar-refractivity contribution in [2.24, 2.45) is 0 Å². The highest BCUT2D eigenvalue weighted by Gasteiger charge is 2.37. The number of anilines is 1. The third-order valence-corrected chi connectivity index (χ3v) is 3.76. The molecular weight excluding hydrogens is 313 g/mol. The van der Waals surface area contributed by atoms with Crippen LogP contribution in [-0.4, -0.2) is 63.6 Å². The largest absolute Gasteiger partial charge is 0.453 e. The molecule has 3 rings (SSSR count). The van der Waals surface area contributed by atoms with Gasteiger partial charge in [0.05, 0.1) is 13.2 Å². The maximum atomic E-state index is 12.8. The van der Waals surface area contributed by atoms with Gasteiger partial charge in [-0.3, -0.25) is 4.90 Å². The Morgan fingerprint density at radius 1 is 1.26 bits per heavy atom. The molecule has 0 bridgehead atoms. The van der Waals surface area contributed by atoms with Gasteiger partial charge in [0, 0.05) is 25.7 Å². The Morgan fingerprint density at radius 2 is 2.00 bits per heavy atom. The summed E-state index contributed by atoms with van der Waals surface area (Å²) in [5.41, 5.74) is 0.0594. The lowest BCUT2D eigenvalue weighted by atomic mass is 10.2. The number of nitrogens with one attached hydrogen (secondary N) is 1. The number of rotatable bonds is 4. The van der Waals surface area contributed by atoms with Crippen LogP contribution in [-0.2, 0) is 10.9 Å². The van der Waals surface area contributed by atoms with Gasteiger partial charge in [-0.1, -0.05) is 0 Å². The monoisotopic (exact) mass is 330 g/mol. The van der Waals surface area contributed by atoms with E-state index in [0.717, 1.165) is 13.1 Å². The molecule has 1 N–H and O–H groups in total. The molecule has 0 amide bonds. The fraction of sp³-hybridized carbons (Fsp3) is 0.615. The van der Waals surface area contributed by atoms with E-state index in [0.29, 0.717) is 30.1 Å². The van der Waals surface area contributed by atoms with Crippen molar-refractivity contribution in [1.82, 2.24) is 24.7 Å². The van der Waals surface area contributed by atoms with Crippen molar-refractivity contribution in [1.29, 1.82) is 0 Å². The van der Waals surface area contributed by atoms with Gasteiger partial charge in [-0.05, 0) is 19.1 Å². The highest BCUT2D eigenvalue weighted by molar-refractivity contribution is 5.44. The summed E-state index contributed by atoms with van der Waals surface area (Å²) >= 11 is 0. The molecule has 1 fully saturated rings. The zero-order valence-electron chi connectivity index (χ0n) is 12.5. The average molecular weight is 330 g/mol. The van der Waals surface area contributed by atoms with Crippen LogP contribution in [0.1, 0.15) is 12.7 Å². The van der Waals surface area contributed by atoms with Gasteiger partial charge >= 0.3 is 6.18 Å². The summed E-state index contributed by atoms with van der Waals surface area (Å²) in [4.78, 5) is 2.26. The van der Waals surface area contributed by atoms with Crippen LogP contribution in [0.25, 0.3) is 5.65 Å². The summed E-state index contributed by atoms with van der Waals surface area (Å²) in [5.74, 6) is -0.778. The molecule has 0 spiro atoms. The third kappa shape index (κ3) is 3.53. The molecule has 7 nitrogen and oxygen atoms in total. The minimum Gasteiger partial charge on any atom is -0.379 e. The Morgan fingerprint density at radius 3 is 2.70 bits per heavy atom. The fourth-order valence-electron chi connectivity index (χ4n) is 2.46. The van der Waals surface area contributed by atoms with E-state index >= 15 is 0 Å². The first kappa shape index (κ1) is 15.9. The number of fused-ring (bicyclic) bond motifs is 1. The number of hydrogen-bond acceptors (Lipinski definition) is 6. The lowest BCUT2D eigenvalue weighted by molar-refractivity contribution is -0.146. The molecule has 1 saturated heterocycles. The lowest BCUT2D eigenvalue weighted by Crippen LogP contribution is -2.45. The Bertz CT molecular complexity index is 667. The van der Waals surface area contributed by atoms with Crippen molar-refractivity contribution in [3.05, 3.63) is 18.0 Å². The number of alkyl halides is 3. The van der Waals surface area contributed by atoms with E-state index in [9.17, 15) is 13.2 Å². The molecule has 23 heavy (non-hydrogen) atoms. The van der Waals surface area contributed by atoms with Crippen LogP contribution in [0.4, 0.5) is 19.0 Å². The minimum absolute atomic E-state index is 0.0594. The van der Waals surface area contributed by atoms with Gasteiger partial charge in [-0.15, -0.1) is 15.3 Å². The van der Waals surface area contributed by atoms with E-state index in [-0.39, 0.29) is 11.7 Å². The Hall–Kier alpha value is -1.94. The van der Waals surface area contributed by atoms with Gasteiger partial charge in [0.2, 0.25) is 0 Å². The highest BCUT2D eigenvalue weighted by Crippen LogP contribution is 2.27. The minimum atomic E-state index is -4.59. The quantitative estimate of drug-likeness (QED) is 0.911. The molecule has 10 heteroatoms. The van der Waals surface area contributed by atoms with Crippen LogP contribution >= 0.6 is 0 Å². The lowest BCUT2D eigenvalue weighted by Gasteiger charge is -2.32. The number of halogens is 3. The van der Waals surface area contributed by atoms with Crippen LogP contribution in [0.2, 0.25) is 0 Å². The molecule has 2 aromatic heterocycles. The third-order valence-electron chi connectivity index (χ3n) is 3.76. The number of aromatic nitrogens is 4. The number of hydrogen-bond donors (Lipinski definition) is 1. The standard InChI is InChI=1S/C13H17F3N6O/c1-9(21-4-6-23-7-5-21)8-17-10-2-3-11-18-19-12(13(14,15)16)22(11)20-10/h2-3,9H,4-8H2,1H3,(H,17,20). The van der Waals surface area contributed by atoms with Crippen molar-refractivity contribution in [3.63, 3.8) is 0 Å². The summed E-state index contributed by atoms with van der Waals surface area (Å²) < 4.78 is 44.5. The first-order valence-corrected chi connectivity index (χ1v) is 7.30. The van der Waals surface area contributed by atoms with Gasteiger partial charge in [0.1, 0.15) is 5.82 Å². The summed E-state index contributed by atoms with van der Waals surface area (Å²) in [5, 5.41) is 13.6. The summed E-state index contributed by atoms with van der Waals surface area (Å²) in [6.45, 7) is 5.71. The Labute approximate surface area is 130 Å². The SMILES string of the molecule is CC(CNc1ccc2nnc(C(F)(F)F)n2n1)N1CCOCC1. The predicted octanol–water partition coefficient (Wildman–Crippen LogP) is 1.28. The molecule has 2 aromatic rings. The maximum absolute atomic E-state index is 12.8. The van der Waals surface area contributed by atoms with Crippen molar-refractivity contribution in [2.45, 2.75) is 19.1 Å². The Kier molecular flexibility index (Phi) is 4.35. The van der Waals surface area contributed by atoms with Gasteiger partial charge in [-0.2, -0.15) is 17.7 Å². The zero-order chi connectivity index (χ0) is 16.4. The number of ether oxygens (including phenoxy) is 1. The predicted molar refractivity (Wildman–Crippen MR) is 76.1 cm³/mol. The van der Waals surface area contributed by atoms with E-state index < -0.39 is 12.0 Å². The molecular formula is C13H17F3N6O. The highest BCUT2D eigenvalue weighted by atomic mass is 19.4. The summed E-state index contributed by atoms with van der Waals surface area (Å²) in [6.07, 6.45) is -4.59. The fourth-order valence-corrected chi connectivity index (χ4v) is 2.46. The molecule has 0 aromatic carbocycles. The first-order chi connectivity index (χ1) is 10.9. The molecule has 3 heterocycles.